The molecule has 0 radical (unpaired) electrons. The molecule has 0 aliphatic heterocycles. The summed E-state index contributed by atoms with van der Waals surface area (Å²) >= 11 is 0. The van der Waals surface area contributed by atoms with Gasteiger partial charge in [-0.05, 0) is 30.5 Å². The van der Waals surface area contributed by atoms with Gasteiger partial charge in [-0.15, -0.1) is 0 Å². The number of hydrogen-bond acceptors (Lipinski definition) is 4. The number of guanidine groups is 1. The maximum Gasteiger partial charge on any atom is 0.387 e. The van der Waals surface area contributed by atoms with Crippen molar-refractivity contribution in [3.8, 4) is 11.5 Å². The Morgan fingerprint density at radius 3 is 2.58 bits per heavy atom. The number of ether oxygens (including phenoxy) is 3. The Kier molecular flexibility index (Phi) is 11.1. The number of alkyl halides is 2. The molecule has 0 saturated heterocycles. The highest BCUT2D eigenvalue weighted by atomic mass is 19.3. The number of hydrogen-bond donors (Lipinski definition) is 2. The van der Waals surface area contributed by atoms with E-state index in [2.05, 4.69) is 27.3 Å². The Labute approximate surface area is 153 Å². The van der Waals surface area contributed by atoms with Gasteiger partial charge in [0, 0.05) is 33.4 Å². The zero-order chi connectivity index (χ0) is 19.2. The minimum atomic E-state index is -2.90. The van der Waals surface area contributed by atoms with Crippen LogP contribution in [-0.4, -0.2) is 46.5 Å². The van der Waals surface area contributed by atoms with Gasteiger partial charge >= 0.3 is 6.61 Å². The van der Waals surface area contributed by atoms with Crippen molar-refractivity contribution in [2.45, 2.75) is 39.3 Å². The fourth-order valence-corrected chi connectivity index (χ4v) is 2.16. The first-order chi connectivity index (χ1) is 12.6. The number of halogens is 2. The number of rotatable bonds is 12. The smallest absolute Gasteiger partial charge is 0.387 e. The summed E-state index contributed by atoms with van der Waals surface area (Å²) < 4.78 is 40.0. The first-order valence-corrected chi connectivity index (χ1v) is 8.74. The minimum Gasteiger partial charge on any atom is -0.493 e. The summed E-state index contributed by atoms with van der Waals surface area (Å²) in [7, 11) is 3.08. The number of methoxy groups -OCH3 is 1. The van der Waals surface area contributed by atoms with Crippen LogP contribution in [0.25, 0.3) is 0 Å². The zero-order valence-corrected chi connectivity index (χ0v) is 15.7. The van der Waals surface area contributed by atoms with Crippen molar-refractivity contribution in [3.63, 3.8) is 0 Å². The molecule has 1 aromatic carbocycles. The molecule has 2 N–H and O–H groups in total. The summed E-state index contributed by atoms with van der Waals surface area (Å²) in [6, 6.07) is 4.89. The van der Waals surface area contributed by atoms with Crippen molar-refractivity contribution < 1.29 is 23.0 Å². The summed E-state index contributed by atoms with van der Waals surface area (Å²) in [6.07, 6.45) is 3.08. The number of unbranched alkanes of at least 4 members (excludes halogenated alkanes) is 1. The quantitative estimate of drug-likeness (QED) is 0.335. The lowest BCUT2D eigenvalue weighted by molar-refractivity contribution is -0.0512. The Bertz CT molecular complexity index is 542. The molecule has 0 spiro atoms. The number of benzene rings is 1. The van der Waals surface area contributed by atoms with Crippen LogP contribution in [0.2, 0.25) is 0 Å². The van der Waals surface area contributed by atoms with Crippen molar-refractivity contribution >= 4 is 5.96 Å². The van der Waals surface area contributed by atoms with Crippen LogP contribution in [0.4, 0.5) is 8.78 Å². The van der Waals surface area contributed by atoms with E-state index in [9.17, 15) is 8.78 Å². The molecular weight excluding hydrogens is 344 g/mol. The second kappa shape index (κ2) is 13.2. The molecule has 0 atom stereocenters. The molecule has 148 valence electrons. The van der Waals surface area contributed by atoms with Crippen LogP contribution in [0.1, 0.15) is 31.7 Å². The van der Waals surface area contributed by atoms with Gasteiger partial charge in [0.15, 0.2) is 17.5 Å². The molecule has 0 aliphatic rings. The largest absolute Gasteiger partial charge is 0.493 e. The van der Waals surface area contributed by atoms with Crippen molar-refractivity contribution in [3.05, 3.63) is 23.8 Å². The van der Waals surface area contributed by atoms with E-state index in [-0.39, 0.29) is 11.5 Å². The van der Waals surface area contributed by atoms with Crippen LogP contribution < -0.4 is 20.1 Å². The van der Waals surface area contributed by atoms with Crippen LogP contribution in [0.5, 0.6) is 11.5 Å². The lowest BCUT2D eigenvalue weighted by Gasteiger charge is -2.14. The molecule has 0 heterocycles. The average molecular weight is 373 g/mol. The van der Waals surface area contributed by atoms with Gasteiger partial charge in [-0.25, -0.2) is 0 Å². The van der Waals surface area contributed by atoms with Crippen molar-refractivity contribution in [2.75, 3.05) is 33.9 Å². The van der Waals surface area contributed by atoms with Crippen LogP contribution in [0.15, 0.2) is 23.2 Å². The fourth-order valence-electron chi connectivity index (χ4n) is 2.16. The third-order valence-electron chi connectivity index (χ3n) is 3.53. The lowest BCUT2D eigenvalue weighted by atomic mass is 10.2. The Balaban J connectivity index is 2.41. The van der Waals surface area contributed by atoms with E-state index in [1.165, 1.54) is 13.2 Å². The topological polar surface area (TPSA) is 64.1 Å². The standard InChI is InChI=1S/C18H29F2N3O3/c1-4-5-10-25-11-6-9-22-18(21-2)23-13-14-7-8-15(24-3)16(12-14)26-17(19)20/h7-8,12,17H,4-6,9-11,13H2,1-3H3,(H2,21,22,23). The summed E-state index contributed by atoms with van der Waals surface area (Å²) in [5, 5.41) is 6.31. The maximum absolute atomic E-state index is 12.5. The molecule has 0 unspecified atom stereocenters. The van der Waals surface area contributed by atoms with E-state index in [1.54, 1.807) is 19.2 Å². The second-order valence-electron chi connectivity index (χ2n) is 5.54. The van der Waals surface area contributed by atoms with E-state index >= 15 is 0 Å². The molecule has 6 nitrogen and oxygen atoms in total. The molecule has 0 amide bonds. The van der Waals surface area contributed by atoms with E-state index in [0.29, 0.717) is 19.1 Å². The first kappa shape index (κ1) is 22.0. The molecule has 0 fully saturated rings. The van der Waals surface area contributed by atoms with Gasteiger partial charge < -0.3 is 24.8 Å². The van der Waals surface area contributed by atoms with Gasteiger partial charge in [0.1, 0.15) is 0 Å². The molecule has 1 aromatic rings. The van der Waals surface area contributed by atoms with Gasteiger partial charge in [0.25, 0.3) is 0 Å². The van der Waals surface area contributed by atoms with Gasteiger partial charge in [0.05, 0.1) is 7.11 Å². The molecule has 0 aliphatic carbocycles. The van der Waals surface area contributed by atoms with Crippen LogP contribution in [0.3, 0.4) is 0 Å². The minimum absolute atomic E-state index is 0.00831. The third kappa shape index (κ3) is 8.84. The average Bonchev–Trinajstić information content (AvgIpc) is 2.63. The molecular formula is C18H29F2N3O3. The summed E-state index contributed by atoms with van der Waals surface area (Å²) in [5.41, 5.74) is 0.771. The highest BCUT2D eigenvalue weighted by Gasteiger charge is 2.11. The summed E-state index contributed by atoms with van der Waals surface area (Å²) in [4.78, 5) is 4.13. The summed E-state index contributed by atoms with van der Waals surface area (Å²) in [6.45, 7) is 1.87. The molecule has 0 saturated carbocycles. The van der Waals surface area contributed by atoms with Crippen molar-refractivity contribution in [1.29, 1.82) is 0 Å². The SMILES string of the molecule is CCCCOCCCNC(=NC)NCc1ccc(OC)c(OC(F)F)c1. The van der Waals surface area contributed by atoms with Crippen LogP contribution in [-0.2, 0) is 11.3 Å². The molecule has 8 heteroatoms. The summed E-state index contributed by atoms with van der Waals surface area (Å²) in [5.74, 6) is 0.902. The van der Waals surface area contributed by atoms with E-state index in [1.807, 2.05) is 0 Å². The highest BCUT2D eigenvalue weighted by Crippen LogP contribution is 2.29. The normalized spacial score (nSPS) is 11.5. The molecule has 26 heavy (non-hydrogen) atoms. The molecule has 1 rings (SSSR count). The third-order valence-corrected chi connectivity index (χ3v) is 3.53. The van der Waals surface area contributed by atoms with E-state index in [0.717, 1.165) is 38.0 Å². The highest BCUT2D eigenvalue weighted by molar-refractivity contribution is 5.79. The van der Waals surface area contributed by atoms with Gasteiger partial charge in [-0.3, -0.25) is 4.99 Å². The van der Waals surface area contributed by atoms with Gasteiger partial charge in [0.2, 0.25) is 0 Å². The Morgan fingerprint density at radius 2 is 1.92 bits per heavy atom. The zero-order valence-electron chi connectivity index (χ0n) is 15.7. The predicted octanol–water partition coefficient (Wildman–Crippen LogP) is 3.17. The van der Waals surface area contributed by atoms with Crippen LogP contribution >= 0.6 is 0 Å². The van der Waals surface area contributed by atoms with Gasteiger partial charge in [-0.1, -0.05) is 19.4 Å². The van der Waals surface area contributed by atoms with Crippen molar-refractivity contribution in [1.82, 2.24) is 10.6 Å². The van der Waals surface area contributed by atoms with Crippen molar-refractivity contribution in [2.24, 2.45) is 4.99 Å². The monoisotopic (exact) mass is 373 g/mol. The van der Waals surface area contributed by atoms with E-state index in [4.69, 9.17) is 9.47 Å². The van der Waals surface area contributed by atoms with Gasteiger partial charge in [-0.2, -0.15) is 8.78 Å². The maximum atomic E-state index is 12.5. The molecule has 0 aromatic heterocycles. The number of nitrogens with one attached hydrogen (secondary N) is 2. The fraction of sp³-hybridized carbons (Fsp3) is 0.611. The number of nitrogens with zero attached hydrogens (tertiary/aromatic N) is 1. The lowest BCUT2D eigenvalue weighted by Crippen LogP contribution is -2.37. The predicted molar refractivity (Wildman–Crippen MR) is 98.2 cm³/mol. The first-order valence-electron chi connectivity index (χ1n) is 8.74. The number of aliphatic imine (C=N–C) groups is 1. The van der Waals surface area contributed by atoms with E-state index < -0.39 is 6.61 Å². The Hall–Kier alpha value is -2.09. The molecule has 0 bridgehead atoms. The second-order valence-corrected chi connectivity index (χ2v) is 5.54. The van der Waals surface area contributed by atoms with Crippen LogP contribution in [0, 0.1) is 0 Å². The Morgan fingerprint density at radius 1 is 1.15 bits per heavy atom.